The summed E-state index contributed by atoms with van der Waals surface area (Å²) in [6.07, 6.45) is 1.46. The van der Waals surface area contributed by atoms with Crippen molar-refractivity contribution in [3.63, 3.8) is 0 Å². The Labute approximate surface area is 187 Å². The van der Waals surface area contributed by atoms with Crippen molar-refractivity contribution >= 4 is 34.2 Å². The van der Waals surface area contributed by atoms with Gasteiger partial charge in [-0.15, -0.1) is 0 Å². The summed E-state index contributed by atoms with van der Waals surface area (Å²) < 4.78 is 5.86. The maximum absolute atomic E-state index is 12.5. The Morgan fingerprint density at radius 3 is 2.59 bits per heavy atom. The number of aryl methyl sites for hydroxylation is 1. The van der Waals surface area contributed by atoms with Crippen molar-refractivity contribution in [2.75, 3.05) is 29.9 Å². The Morgan fingerprint density at radius 1 is 1.09 bits per heavy atom. The molecule has 7 nitrogen and oxygen atoms in total. The maximum atomic E-state index is 12.5. The van der Waals surface area contributed by atoms with E-state index < -0.39 is 0 Å². The molecule has 0 radical (unpaired) electrons. The highest BCUT2D eigenvalue weighted by Crippen LogP contribution is 2.28. The number of hydrogen-bond acceptors (Lipinski definition) is 5. The van der Waals surface area contributed by atoms with E-state index in [1.165, 1.54) is 0 Å². The highest BCUT2D eigenvalue weighted by Gasteiger charge is 2.24. The Hall–Kier alpha value is -3.61. The molecule has 3 N–H and O–H groups in total. The van der Waals surface area contributed by atoms with Crippen molar-refractivity contribution in [3.05, 3.63) is 59.7 Å². The van der Waals surface area contributed by atoms with Gasteiger partial charge in [-0.05, 0) is 62.1 Å². The quantitative estimate of drug-likeness (QED) is 0.621. The fourth-order valence-electron chi connectivity index (χ4n) is 4.01. The molecule has 1 saturated heterocycles. The largest absolute Gasteiger partial charge is 0.481 e. The number of para-hydroxylation sites is 1. The van der Waals surface area contributed by atoms with E-state index in [0.29, 0.717) is 11.3 Å². The van der Waals surface area contributed by atoms with Crippen LogP contribution in [0.15, 0.2) is 48.5 Å². The van der Waals surface area contributed by atoms with Crippen LogP contribution in [0, 0.1) is 19.8 Å². The number of pyridine rings is 1. The zero-order valence-electron chi connectivity index (χ0n) is 18.4. The molecule has 1 aromatic heterocycles. The molecule has 0 spiro atoms. The van der Waals surface area contributed by atoms with Crippen LogP contribution < -0.4 is 20.7 Å². The van der Waals surface area contributed by atoms with E-state index in [4.69, 9.17) is 15.5 Å². The van der Waals surface area contributed by atoms with Crippen LogP contribution in [0.5, 0.6) is 5.75 Å². The molecule has 2 heterocycles. The fraction of sp³-hybridized carbons (Fsp3) is 0.320. The van der Waals surface area contributed by atoms with Gasteiger partial charge in [0.2, 0.25) is 5.91 Å². The van der Waals surface area contributed by atoms with Gasteiger partial charge in [0.25, 0.3) is 5.91 Å². The minimum atomic E-state index is -0.231. The molecular weight excluding hydrogens is 404 g/mol. The predicted molar refractivity (Wildman–Crippen MR) is 126 cm³/mol. The number of anilines is 2. The van der Waals surface area contributed by atoms with Crippen LogP contribution in [0.4, 0.5) is 11.5 Å². The number of carbonyl (C=O) groups excluding carboxylic acids is 2. The average molecular weight is 433 g/mol. The van der Waals surface area contributed by atoms with Crippen molar-refractivity contribution in [2.24, 2.45) is 11.7 Å². The highest BCUT2D eigenvalue weighted by molar-refractivity contribution is 5.93. The molecule has 2 amide bonds. The van der Waals surface area contributed by atoms with E-state index in [1.54, 1.807) is 0 Å². The van der Waals surface area contributed by atoms with E-state index in [0.717, 1.165) is 53.9 Å². The SMILES string of the molecule is Cc1cccc(NC(=O)COc2cccc3ccc(N4CCC(C(N)=O)CC4)nc23)c1C. The lowest BCUT2D eigenvalue weighted by molar-refractivity contribution is -0.122. The molecule has 0 aliphatic carbocycles. The number of fused-ring (bicyclic) bond motifs is 1. The van der Waals surface area contributed by atoms with Gasteiger partial charge in [0.1, 0.15) is 17.1 Å². The number of amides is 2. The molecule has 0 saturated carbocycles. The van der Waals surface area contributed by atoms with Crippen LogP contribution in [0.3, 0.4) is 0 Å². The summed E-state index contributed by atoms with van der Waals surface area (Å²) in [5, 5.41) is 3.85. The predicted octanol–water partition coefficient (Wildman–Crippen LogP) is 3.57. The number of benzene rings is 2. The van der Waals surface area contributed by atoms with Crippen molar-refractivity contribution < 1.29 is 14.3 Å². The molecule has 1 fully saturated rings. The second-order valence-corrected chi connectivity index (χ2v) is 8.25. The topological polar surface area (TPSA) is 97.5 Å². The van der Waals surface area contributed by atoms with Gasteiger partial charge < -0.3 is 20.7 Å². The van der Waals surface area contributed by atoms with Crippen LogP contribution in [-0.2, 0) is 9.59 Å². The van der Waals surface area contributed by atoms with E-state index in [1.807, 2.05) is 62.4 Å². The number of carbonyl (C=O) groups is 2. The molecule has 166 valence electrons. The summed E-state index contributed by atoms with van der Waals surface area (Å²) in [6, 6.07) is 15.5. The highest BCUT2D eigenvalue weighted by atomic mass is 16.5. The third-order valence-electron chi connectivity index (χ3n) is 6.13. The van der Waals surface area contributed by atoms with E-state index in [2.05, 4.69) is 10.2 Å². The Balaban J connectivity index is 1.47. The minimum absolute atomic E-state index is 0.0684. The smallest absolute Gasteiger partial charge is 0.262 e. The first-order valence-corrected chi connectivity index (χ1v) is 10.9. The third-order valence-corrected chi connectivity index (χ3v) is 6.13. The van der Waals surface area contributed by atoms with Crippen LogP contribution in [0.25, 0.3) is 10.9 Å². The Kier molecular flexibility index (Phi) is 6.25. The number of aromatic nitrogens is 1. The summed E-state index contributed by atoms with van der Waals surface area (Å²) in [4.78, 5) is 30.9. The molecule has 32 heavy (non-hydrogen) atoms. The molecule has 0 unspecified atom stereocenters. The van der Waals surface area contributed by atoms with Crippen molar-refractivity contribution in [1.82, 2.24) is 4.98 Å². The first kappa shape index (κ1) is 21.6. The van der Waals surface area contributed by atoms with Crippen molar-refractivity contribution in [2.45, 2.75) is 26.7 Å². The summed E-state index contributed by atoms with van der Waals surface area (Å²) in [5.41, 5.74) is 9.10. The summed E-state index contributed by atoms with van der Waals surface area (Å²) in [6.45, 7) is 5.34. The monoisotopic (exact) mass is 432 g/mol. The lowest BCUT2D eigenvalue weighted by atomic mass is 9.96. The van der Waals surface area contributed by atoms with Gasteiger partial charge in [-0.2, -0.15) is 0 Å². The number of nitrogens with two attached hydrogens (primary N) is 1. The zero-order chi connectivity index (χ0) is 22.7. The fourth-order valence-corrected chi connectivity index (χ4v) is 4.01. The molecule has 2 aromatic carbocycles. The van der Waals surface area contributed by atoms with Gasteiger partial charge >= 0.3 is 0 Å². The average Bonchev–Trinajstić information content (AvgIpc) is 2.80. The standard InChI is InChI=1S/C25H28N4O3/c1-16-5-3-7-20(17(16)2)27-23(30)15-32-21-8-4-6-18-9-10-22(28-24(18)21)29-13-11-19(12-14-29)25(26)31/h3-10,19H,11-15H2,1-2H3,(H2,26,31)(H,27,30). The third kappa shape index (κ3) is 4.66. The second kappa shape index (κ2) is 9.26. The lowest BCUT2D eigenvalue weighted by Crippen LogP contribution is -2.38. The minimum Gasteiger partial charge on any atom is -0.481 e. The molecule has 1 aliphatic rings. The van der Waals surface area contributed by atoms with E-state index in [-0.39, 0.29) is 24.3 Å². The number of piperidine rings is 1. The maximum Gasteiger partial charge on any atom is 0.262 e. The van der Waals surface area contributed by atoms with Gasteiger partial charge in [0, 0.05) is 30.1 Å². The number of hydrogen-bond donors (Lipinski definition) is 2. The normalized spacial score (nSPS) is 14.4. The van der Waals surface area contributed by atoms with Crippen LogP contribution in [0.2, 0.25) is 0 Å². The summed E-state index contributed by atoms with van der Waals surface area (Å²) in [5.74, 6) is 0.872. The molecule has 1 aliphatic heterocycles. The van der Waals surface area contributed by atoms with Crippen LogP contribution in [0.1, 0.15) is 24.0 Å². The van der Waals surface area contributed by atoms with Crippen molar-refractivity contribution in [1.29, 1.82) is 0 Å². The Morgan fingerprint density at radius 2 is 1.84 bits per heavy atom. The first-order valence-electron chi connectivity index (χ1n) is 10.9. The summed E-state index contributed by atoms with van der Waals surface area (Å²) >= 11 is 0. The van der Waals surface area contributed by atoms with Gasteiger partial charge in [-0.1, -0.05) is 24.3 Å². The molecule has 4 rings (SSSR count). The molecular formula is C25H28N4O3. The van der Waals surface area contributed by atoms with Crippen LogP contribution in [-0.4, -0.2) is 36.5 Å². The van der Waals surface area contributed by atoms with Crippen molar-refractivity contribution in [3.8, 4) is 5.75 Å². The second-order valence-electron chi connectivity index (χ2n) is 8.25. The summed E-state index contributed by atoms with van der Waals surface area (Å²) in [7, 11) is 0. The van der Waals surface area contributed by atoms with Gasteiger partial charge in [-0.25, -0.2) is 4.98 Å². The molecule has 0 atom stereocenters. The number of ether oxygens (including phenoxy) is 1. The van der Waals surface area contributed by atoms with Gasteiger partial charge in [-0.3, -0.25) is 9.59 Å². The number of rotatable bonds is 6. The molecule has 7 heteroatoms. The Bertz CT molecular complexity index is 1150. The first-order chi connectivity index (χ1) is 15.4. The number of nitrogens with one attached hydrogen (secondary N) is 1. The zero-order valence-corrected chi connectivity index (χ0v) is 18.4. The van der Waals surface area contributed by atoms with E-state index >= 15 is 0 Å². The lowest BCUT2D eigenvalue weighted by Gasteiger charge is -2.31. The van der Waals surface area contributed by atoms with Crippen LogP contribution >= 0.6 is 0 Å². The van der Waals surface area contributed by atoms with E-state index in [9.17, 15) is 9.59 Å². The molecule has 3 aromatic rings. The van der Waals surface area contributed by atoms with Gasteiger partial charge in [0.15, 0.2) is 6.61 Å². The number of nitrogens with zero attached hydrogens (tertiary/aromatic N) is 2. The molecule has 0 bridgehead atoms. The van der Waals surface area contributed by atoms with Gasteiger partial charge in [0.05, 0.1) is 0 Å². The number of primary amides is 1.